The molecule has 0 saturated heterocycles. The zero-order chi connectivity index (χ0) is 19.3. The van der Waals surface area contributed by atoms with Crippen molar-refractivity contribution >= 4 is 32.9 Å². The maximum atomic E-state index is 12.0. The standard InChI is InChI=1S/C22H20N4OS/c1-14-5-6-16(12-23-14)18-10-15-4-3-9-26(20(15)13-24-18)17-7-8-21-19(11-17)25(2)22(27)28-21/h5-8,10-13H,3-4,9H2,1-2H3. The molecule has 0 saturated carbocycles. The summed E-state index contributed by atoms with van der Waals surface area (Å²) in [5.41, 5.74) is 7.55. The topological polar surface area (TPSA) is 51.0 Å². The number of hydrogen-bond acceptors (Lipinski definition) is 5. The molecule has 0 atom stereocenters. The molecule has 4 heterocycles. The molecule has 4 aromatic rings. The van der Waals surface area contributed by atoms with Gasteiger partial charge in [-0.2, -0.15) is 0 Å². The molecule has 5 nitrogen and oxygen atoms in total. The number of rotatable bonds is 2. The predicted molar refractivity (Wildman–Crippen MR) is 115 cm³/mol. The summed E-state index contributed by atoms with van der Waals surface area (Å²) in [4.78, 5) is 23.5. The van der Waals surface area contributed by atoms with Crippen LogP contribution in [0.25, 0.3) is 21.5 Å². The molecule has 1 aliphatic rings. The first-order valence-corrected chi connectivity index (χ1v) is 10.2. The fourth-order valence-corrected chi connectivity index (χ4v) is 4.67. The number of aromatic nitrogens is 3. The first kappa shape index (κ1) is 17.1. The smallest absolute Gasteiger partial charge is 0.307 e. The van der Waals surface area contributed by atoms with Crippen molar-refractivity contribution in [1.82, 2.24) is 14.5 Å². The third-order valence-electron chi connectivity index (χ3n) is 5.38. The molecular formula is C22H20N4OS. The summed E-state index contributed by atoms with van der Waals surface area (Å²) < 4.78 is 2.74. The van der Waals surface area contributed by atoms with Gasteiger partial charge in [0.2, 0.25) is 0 Å². The Bertz CT molecular complexity index is 1240. The van der Waals surface area contributed by atoms with E-state index in [1.807, 2.05) is 38.5 Å². The summed E-state index contributed by atoms with van der Waals surface area (Å²) in [5.74, 6) is 0. The molecule has 0 aliphatic carbocycles. The van der Waals surface area contributed by atoms with E-state index in [-0.39, 0.29) is 4.87 Å². The Hall–Kier alpha value is -2.99. The van der Waals surface area contributed by atoms with Gasteiger partial charge in [-0.1, -0.05) is 11.3 Å². The van der Waals surface area contributed by atoms with Crippen molar-refractivity contribution in [2.24, 2.45) is 7.05 Å². The number of aryl methyl sites for hydroxylation is 3. The van der Waals surface area contributed by atoms with Crippen LogP contribution in [0.15, 0.2) is 53.6 Å². The number of nitrogens with zero attached hydrogens (tertiary/aromatic N) is 4. The van der Waals surface area contributed by atoms with Crippen LogP contribution in [0, 0.1) is 6.92 Å². The van der Waals surface area contributed by atoms with E-state index in [9.17, 15) is 4.79 Å². The number of hydrogen-bond donors (Lipinski definition) is 0. The normalized spacial score (nSPS) is 13.7. The molecule has 0 fully saturated rings. The van der Waals surface area contributed by atoms with Gasteiger partial charge < -0.3 is 9.47 Å². The largest absolute Gasteiger partial charge is 0.340 e. The molecule has 0 bridgehead atoms. The van der Waals surface area contributed by atoms with Crippen molar-refractivity contribution in [3.63, 3.8) is 0 Å². The third kappa shape index (κ3) is 2.81. The van der Waals surface area contributed by atoms with Crippen molar-refractivity contribution in [3.05, 3.63) is 69.7 Å². The van der Waals surface area contributed by atoms with Crippen molar-refractivity contribution in [3.8, 4) is 11.3 Å². The first-order chi connectivity index (χ1) is 13.6. The maximum absolute atomic E-state index is 12.0. The van der Waals surface area contributed by atoms with E-state index in [2.05, 4.69) is 34.1 Å². The fraction of sp³-hybridized carbons (Fsp3) is 0.227. The van der Waals surface area contributed by atoms with Gasteiger partial charge in [-0.25, -0.2) is 0 Å². The highest BCUT2D eigenvalue weighted by atomic mass is 32.1. The lowest BCUT2D eigenvalue weighted by Crippen LogP contribution is -2.24. The Morgan fingerprint density at radius 2 is 1.96 bits per heavy atom. The highest BCUT2D eigenvalue weighted by Gasteiger charge is 2.20. The van der Waals surface area contributed by atoms with E-state index in [4.69, 9.17) is 4.98 Å². The molecule has 3 aromatic heterocycles. The molecule has 1 aliphatic heterocycles. The Morgan fingerprint density at radius 1 is 1.07 bits per heavy atom. The van der Waals surface area contributed by atoms with Crippen molar-refractivity contribution in [2.75, 3.05) is 11.4 Å². The van der Waals surface area contributed by atoms with Gasteiger partial charge >= 0.3 is 4.87 Å². The van der Waals surface area contributed by atoms with Crippen LogP contribution in [-0.2, 0) is 13.5 Å². The van der Waals surface area contributed by atoms with Gasteiger partial charge in [0, 0.05) is 36.7 Å². The molecule has 0 amide bonds. The van der Waals surface area contributed by atoms with E-state index >= 15 is 0 Å². The Morgan fingerprint density at radius 3 is 2.79 bits per heavy atom. The van der Waals surface area contributed by atoms with Gasteiger partial charge in [0.1, 0.15) is 0 Å². The van der Waals surface area contributed by atoms with Gasteiger partial charge in [0.25, 0.3) is 0 Å². The number of benzene rings is 1. The lowest BCUT2D eigenvalue weighted by molar-refractivity contribution is 0.764. The minimum Gasteiger partial charge on any atom is -0.340 e. The second-order valence-corrected chi connectivity index (χ2v) is 8.21. The average Bonchev–Trinajstić information content (AvgIpc) is 3.01. The molecule has 6 heteroatoms. The monoisotopic (exact) mass is 388 g/mol. The quantitative estimate of drug-likeness (QED) is 0.509. The lowest BCUT2D eigenvalue weighted by Gasteiger charge is -2.31. The van der Waals surface area contributed by atoms with Gasteiger partial charge in [-0.15, -0.1) is 0 Å². The summed E-state index contributed by atoms with van der Waals surface area (Å²) in [6.07, 6.45) is 5.99. The van der Waals surface area contributed by atoms with E-state index in [0.717, 1.165) is 57.9 Å². The number of fused-ring (bicyclic) bond motifs is 2. The van der Waals surface area contributed by atoms with Gasteiger partial charge in [0.05, 0.1) is 27.8 Å². The third-order valence-corrected chi connectivity index (χ3v) is 6.39. The summed E-state index contributed by atoms with van der Waals surface area (Å²) >= 11 is 1.29. The fourth-order valence-electron chi connectivity index (χ4n) is 3.81. The van der Waals surface area contributed by atoms with Crippen LogP contribution in [0.3, 0.4) is 0 Å². The van der Waals surface area contributed by atoms with Crippen LogP contribution < -0.4 is 9.77 Å². The minimum absolute atomic E-state index is 0.0733. The maximum Gasteiger partial charge on any atom is 0.307 e. The molecule has 5 rings (SSSR count). The second-order valence-electron chi connectivity index (χ2n) is 7.22. The number of pyridine rings is 2. The van der Waals surface area contributed by atoms with Crippen LogP contribution in [0.4, 0.5) is 11.4 Å². The van der Waals surface area contributed by atoms with Gasteiger partial charge in [0.15, 0.2) is 0 Å². The molecule has 0 N–H and O–H groups in total. The minimum atomic E-state index is 0.0733. The molecule has 1 aromatic carbocycles. The van der Waals surface area contributed by atoms with Crippen LogP contribution in [0.5, 0.6) is 0 Å². The van der Waals surface area contributed by atoms with Crippen molar-refractivity contribution < 1.29 is 0 Å². The molecule has 0 unspecified atom stereocenters. The summed E-state index contributed by atoms with van der Waals surface area (Å²) in [6, 6.07) is 12.5. The molecule has 0 spiro atoms. The SMILES string of the molecule is Cc1ccc(-c2cc3c(cn2)N(c2ccc4sc(=O)n(C)c4c2)CCC3)cn1. The second kappa shape index (κ2) is 6.56. The number of anilines is 2. The summed E-state index contributed by atoms with van der Waals surface area (Å²) in [5, 5.41) is 0. The van der Waals surface area contributed by atoms with Gasteiger partial charge in [-0.05, 0) is 61.7 Å². The first-order valence-electron chi connectivity index (χ1n) is 9.39. The Kier molecular flexibility index (Phi) is 4.02. The van der Waals surface area contributed by atoms with Crippen molar-refractivity contribution in [1.29, 1.82) is 0 Å². The molecule has 28 heavy (non-hydrogen) atoms. The van der Waals surface area contributed by atoms with Crippen LogP contribution >= 0.6 is 11.3 Å². The molecule has 140 valence electrons. The average molecular weight is 388 g/mol. The number of thiazole rings is 1. The van der Waals surface area contributed by atoms with E-state index in [0.29, 0.717) is 0 Å². The van der Waals surface area contributed by atoms with Gasteiger partial charge in [-0.3, -0.25) is 14.8 Å². The Labute approximate surface area is 166 Å². The highest BCUT2D eigenvalue weighted by Crippen LogP contribution is 2.36. The Balaban J connectivity index is 1.56. The van der Waals surface area contributed by atoms with Crippen LogP contribution in [-0.4, -0.2) is 21.1 Å². The zero-order valence-corrected chi connectivity index (χ0v) is 16.7. The van der Waals surface area contributed by atoms with Crippen LogP contribution in [0.1, 0.15) is 17.7 Å². The highest BCUT2D eigenvalue weighted by molar-refractivity contribution is 7.16. The lowest BCUT2D eigenvalue weighted by atomic mass is 10.0. The van der Waals surface area contributed by atoms with Crippen LogP contribution in [0.2, 0.25) is 0 Å². The van der Waals surface area contributed by atoms with E-state index in [1.165, 1.54) is 16.9 Å². The molecule has 0 radical (unpaired) electrons. The van der Waals surface area contributed by atoms with E-state index in [1.54, 1.807) is 4.57 Å². The van der Waals surface area contributed by atoms with E-state index < -0.39 is 0 Å². The zero-order valence-electron chi connectivity index (χ0n) is 15.8. The molecular weight excluding hydrogens is 368 g/mol. The summed E-state index contributed by atoms with van der Waals surface area (Å²) in [6.45, 7) is 2.94. The summed E-state index contributed by atoms with van der Waals surface area (Å²) in [7, 11) is 1.83. The van der Waals surface area contributed by atoms with Crippen molar-refractivity contribution in [2.45, 2.75) is 19.8 Å². The predicted octanol–water partition coefficient (Wildman–Crippen LogP) is 4.45.